The second kappa shape index (κ2) is 9.27. The standard InChI is InChI=1S/C19H21FN2O4S/c1-14(23)22-17-6-8-18(9-7-17)27(25,26)13-11-19(24)21-12-10-15-2-4-16(20)5-3-15/h2-9H,10-13H2,1H3,(H,21,24)(H,22,23). The molecule has 0 bridgehead atoms. The average molecular weight is 392 g/mol. The van der Waals surface area contributed by atoms with E-state index in [0.29, 0.717) is 18.7 Å². The van der Waals surface area contributed by atoms with Gasteiger partial charge in [0.05, 0.1) is 10.6 Å². The zero-order valence-corrected chi connectivity index (χ0v) is 15.7. The van der Waals surface area contributed by atoms with Crippen molar-refractivity contribution in [2.45, 2.75) is 24.7 Å². The number of amides is 2. The van der Waals surface area contributed by atoms with Gasteiger partial charge in [0.25, 0.3) is 0 Å². The van der Waals surface area contributed by atoms with Crippen LogP contribution in [0.4, 0.5) is 10.1 Å². The summed E-state index contributed by atoms with van der Waals surface area (Å²) >= 11 is 0. The third kappa shape index (κ3) is 6.82. The van der Waals surface area contributed by atoms with Crippen molar-refractivity contribution < 1.29 is 22.4 Å². The fourth-order valence-electron chi connectivity index (χ4n) is 2.38. The number of hydrogen-bond donors (Lipinski definition) is 2. The zero-order valence-electron chi connectivity index (χ0n) is 14.9. The van der Waals surface area contributed by atoms with Crippen LogP contribution < -0.4 is 10.6 Å². The van der Waals surface area contributed by atoms with Gasteiger partial charge in [-0.2, -0.15) is 0 Å². The predicted molar refractivity (Wildman–Crippen MR) is 101 cm³/mol. The second-order valence-electron chi connectivity index (χ2n) is 6.00. The number of halogens is 1. The maximum absolute atomic E-state index is 12.8. The fourth-order valence-corrected chi connectivity index (χ4v) is 3.62. The van der Waals surface area contributed by atoms with E-state index in [-0.39, 0.29) is 34.7 Å². The van der Waals surface area contributed by atoms with E-state index in [0.717, 1.165) is 5.56 Å². The fraction of sp³-hybridized carbons (Fsp3) is 0.263. The lowest BCUT2D eigenvalue weighted by atomic mass is 10.1. The van der Waals surface area contributed by atoms with E-state index in [1.54, 1.807) is 12.1 Å². The molecule has 0 radical (unpaired) electrons. The van der Waals surface area contributed by atoms with Crippen LogP contribution in [0.2, 0.25) is 0 Å². The number of benzene rings is 2. The Morgan fingerprint density at radius 3 is 2.22 bits per heavy atom. The summed E-state index contributed by atoms with van der Waals surface area (Å²) in [5, 5.41) is 5.21. The molecule has 2 rings (SSSR count). The van der Waals surface area contributed by atoms with Crippen LogP contribution >= 0.6 is 0 Å². The summed E-state index contributed by atoms with van der Waals surface area (Å²) in [5.41, 5.74) is 1.38. The predicted octanol–water partition coefficient (Wildman–Crippen LogP) is 2.31. The lowest BCUT2D eigenvalue weighted by molar-refractivity contribution is -0.120. The minimum Gasteiger partial charge on any atom is -0.356 e. The topological polar surface area (TPSA) is 92.3 Å². The Morgan fingerprint density at radius 1 is 1.00 bits per heavy atom. The van der Waals surface area contributed by atoms with Crippen molar-refractivity contribution in [2.75, 3.05) is 17.6 Å². The molecule has 0 heterocycles. The first-order valence-corrected chi connectivity index (χ1v) is 10.0. The minimum absolute atomic E-state index is 0.0933. The van der Waals surface area contributed by atoms with E-state index in [9.17, 15) is 22.4 Å². The van der Waals surface area contributed by atoms with Crippen LogP contribution in [0.15, 0.2) is 53.4 Å². The van der Waals surface area contributed by atoms with Crippen molar-refractivity contribution in [1.29, 1.82) is 0 Å². The van der Waals surface area contributed by atoms with E-state index in [1.807, 2.05) is 0 Å². The Hall–Kier alpha value is -2.74. The van der Waals surface area contributed by atoms with Crippen LogP contribution in [0.3, 0.4) is 0 Å². The van der Waals surface area contributed by atoms with Gasteiger partial charge in [-0.05, 0) is 48.4 Å². The van der Waals surface area contributed by atoms with Gasteiger partial charge in [0.1, 0.15) is 5.82 Å². The van der Waals surface area contributed by atoms with E-state index in [4.69, 9.17) is 0 Å². The summed E-state index contributed by atoms with van der Waals surface area (Å²) in [4.78, 5) is 22.9. The van der Waals surface area contributed by atoms with Gasteiger partial charge in [-0.3, -0.25) is 9.59 Å². The van der Waals surface area contributed by atoms with Crippen molar-refractivity contribution in [3.05, 3.63) is 59.9 Å². The molecule has 2 N–H and O–H groups in total. The van der Waals surface area contributed by atoms with Gasteiger partial charge in [-0.1, -0.05) is 12.1 Å². The molecule has 0 unspecified atom stereocenters. The summed E-state index contributed by atoms with van der Waals surface area (Å²) in [5.74, 6) is -1.24. The Labute approximate surface area is 157 Å². The molecule has 2 aromatic carbocycles. The van der Waals surface area contributed by atoms with Crippen LogP contribution in [0, 0.1) is 5.82 Å². The second-order valence-corrected chi connectivity index (χ2v) is 8.11. The molecule has 0 saturated heterocycles. The molecule has 144 valence electrons. The van der Waals surface area contributed by atoms with Crippen molar-refractivity contribution in [1.82, 2.24) is 5.32 Å². The lowest BCUT2D eigenvalue weighted by Gasteiger charge is -2.08. The molecule has 0 saturated carbocycles. The number of nitrogens with one attached hydrogen (secondary N) is 2. The SMILES string of the molecule is CC(=O)Nc1ccc(S(=O)(=O)CCC(=O)NCCc2ccc(F)cc2)cc1. The highest BCUT2D eigenvalue weighted by molar-refractivity contribution is 7.91. The maximum Gasteiger partial charge on any atom is 0.221 e. The minimum atomic E-state index is -3.60. The average Bonchev–Trinajstić information content (AvgIpc) is 2.62. The number of carbonyl (C=O) groups excluding carboxylic acids is 2. The monoisotopic (exact) mass is 392 g/mol. The number of hydrogen-bond acceptors (Lipinski definition) is 4. The Kier molecular flexibility index (Phi) is 7.06. The van der Waals surface area contributed by atoms with Crippen LogP contribution in [0.1, 0.15) is 18.9 Å². The van der Waals surface area contributed by atoms with Crippen molar-refractivity contribution >= 4 is 27.3 Å². The van der Waals surface area contributed by atoms with Crippen molar-refractivity contribution in [3.63, 3.8) is 0 Å². The van der Waals surface area contributed by atoms with E-state index >= 15 is 0 Å². The van der Waals surface area contributed by atoms with Crippen molar-refractivity contribution in [3.8, 4) is 0 Å². The largest absolute Gasteiger partial charge is 0.356 e. The molecule has 0 fully saturated rings. The molecular formula is C19H21FN2O4S. The highest BCUT2D eigenvalue weighted by Crippen LogP contribution is 2.16. The van der Waals surface area contributed by atoms with Gasteiger partial charge in [-0.25, -0.2) is 12.8 Å². The molecule has 0 spiro atoms. The highest BCUT2D eigenvalue weighted by Gasteiger charge is 2.16. The molecular weight excluding hydrogens is 371 g/mol. The Bertz CT molecular complexity index is 894. The maximum atomic E-state index is 12.8. The van der Waals surface area contributed by atoms with Crippen LogP contribution in [0.5, 0.6) is 0 Å². The first-order valence-electron chi connectivity index (χ1n) is 8.38. The summed E-state index contributed by atoms with van der Waals surface area (Å²) in [6.45, 7) is 1.70. The first-order chi connectivity index (χ1) is 12.8. The summed E-state index contributed by atoms with van der Waals surface area (Å²) in [6, 6.07) is 11.8. The molecule has 0 aliphatic rings. The Balaban J connectivity index is 1.80. The van der Waals surface area contributed by atoms with Gasteiger partial charge < -0.3 is 10.6 Å². The van der Waals surface area contributed by atoms with Crippen molar-refractivity contribution in [2.24, 2.45) is 0 Å². The Morgan fingerprint density at radius 2 is 1.63 bits per heavy atom. The number of carbonyl (C=O) groups is 2. The molecule has 0 aliphatic heterocycles. The smallest absolute Gasteiger partial charge is 0.221 e. The van der Waals surface area contributed by atoms with Gasteiger partial charge >= 0.3 is 0 Å². The third-order valence-corrected chi connectivity index (χ3v) is 5.51. The quantitative estimate of drug-likeness (QED) is 0.721. The molecule has 2 amide bonds. The summed E-state index contributed by atoms with van der Waals surface area (Å²) in [6.07, 6.45) is 0.378. The van der Waals surface area contributed by atoms with E-state index < -0.39 is 9.84 Å². The van der Waals surface area contributed by atoms with Gasteiger partial charge in [0.15, 0.2) is 9.84 Å². The van der Waals surface area contributed by atoms with Crippen LogP contribution in [-0.4, -0.2) is 32.5 Å². The summed E-state index contributed by atoms with van der Waals surface area (Å²) in [7, 11) is -3.60. The molecule has 27 heavy (non-hydrogen) atoms. The van der Waals surface area contributed by atoms with Gasteiger partial charge in [-0.15, -0.1) is 0 Å². The third-order valence-electron chi connectivity index (χ3n) is 3.78. The molecule has 0 aromatic heterocycles. The summed E-state index contributed by atoms with van der Waals surface area (Å²) < 4.78 is 37.4. The molecule has 8 heteroatoms. The molecule has 2 aromatic rings. The van der Waals surface area contributed by atoms with Gasteiger partial charge in [0.2, 0.25) is 11.8 Å². The van der Waals surface area contributed by atoms with E-state index in [2.05, 4.69) is 10.6 Å². The number of sulfone groups is 1. The first kappa shape index (κ1) is 20.6. The zero-order chi connectivity index (χ0) is 19.9. The lowest BCUT2D eigenvalue weighted by Crippen LogP contribution is -2.27. The number of anilines is 1. The molecule has 0 aliphatic carbocycles. The van der Waals surface area contributed by atoms with E-state index in [1.165, 1.54) is 43.3 Å². The van der Waals surface area contributed by atoms with Crippen LogP contribution in [-0.2, 0) is 25.8 Å². The number of rotatable bonds is 8. The highest BCUT2D eigenvalue weighted by atomic mass is 32.2. The molecule has 6 nitrogen and oxygen atoms in total. The van der Waals surface area contributed by atoms with Gasteiger partial charge in [0, 0.05) is 25.6 Å². The normalized spacial score (nSPS) is 11.0. The molecule has 0 atom stereocenters. The van der Waals surface area contributed by atoms with Crippen LogP contribution in [0.25, 0.3) is 0 Å².